The summed E-state index contributed by atoms with van der Waals surface area (Å²) >= 11 is 0. The van der Waals surface area contributed by atoms with Crippen molar-refractivity contribution in [1.82, 2.24) is 19.8 Å². The van der Waals surface area contributed by atoms with Crippen molar-refractivity contribution in [1.29, 1.82) is 5.26 Å². The van der Waals surface area contributed by atoms with Gasteiger partial charge >= 0.3 is 0 Å². The first-order chi connectivity index (χ1) is 15.1. The molecule has 8 heteroatoms. The molecular formula is C23H31N7O. The Morgan fingerprint density at radius 3 is 2.45 bits per heavy atom. The number of hydrogen-bond donors (Lipinski definition) is 1. The monoisotopic (exact) mass is 421 g/mol. The van der Waals surface area contributed by atoms with Crippen LogP contribution in [0.1, 0.15) is 12.5 Å². The molecule has 0 radical (unpaired) electrons. The highest BCUT2D eigenvalue weighted by molar-refractivity contribution is 5.67. The Morgan fingerprint density at radius 2 is 1.90 bits per heavy atom. The van der Waals surface area contributed by atoms with Gasteiger partial charge in [-0.25, -0.2) is 4.68 Å². The molecule has 1 aliphatic heterocycles. The van der Waals surface area contributed by atoms with Crippen LogP contribution in [0.15, 0.2) is 67.8 Å². The number of anilines is 2. The molecule has 0 aliphatic carbocycles. The number of benzene rings is 1. The summed E-state index contributed by atoms with van der Waals surface area (Å²) in [5, 5.41) is 27.4. The standard InChI is InChI=1S/C19H23N7.C4H8O/c1-3-4-5-8-26(25-15-21-22-16-25)18-7-6-17(14-20)19(13-18)24-11-9-23(2)10-12-24;1-2-3-4-5/h3-7,13,15-16H,1,8-12H2,2H3;2-3,5H,4H2,1H3/b5-4+;3-2-. The first kappa shape index (κ1) is 23.9. The maximum atomic E-state index is 9.54. The minimum Gasteiger partial charge on any atom is -0.392 e. The predicted molar refractivity (Wildman–Crippen MR) is 125 cm³/mol. The molecule has 1 saturated heterocycles. The number of nitriles is 1. The molecule has 0 bridgehead atoms. The van der Waals surface area contributed by atoms with Crippen LogP contribution in [0.4, 0.5) is 11.4 Å². The molecule has 2 heterocycles. The van der Waals surface area contributed by atoms with E-state index in [4.69, 9.17) is 5.11 Å². The Bertz CT molecular complexity index is 891. The van der Waals surface area contributed by atoms with Gasteiger partial charge in [0, 0.05) is 26.2 Å². The van der Waals surface area contributed by atoms with Crippen molar-refractivity contribution in [2.24, 2.45) is 0 Å². The number of allylic oxidation sites excluding steroid dienone is 3. The molecule has 0 amide bonds. The van der Waals surface area contributed by atoms with Crippen LogP contribution < -0.4 is 9.91 Å². The number of hydrogen-bond acceptors (Lipinski definition) is 7. The lowest BCUT2D eigenvalue weighted by atomic mass is 10.1. The van der Waals surface area contributed by atoms with E-state index in [1.165, 1.54) is 0 Å². The third kappa shape index (κ3) is 7.10. The van der Waals surface area contributed by atoms with Crippen LogP contribution in [-0.4, -0.2) is 71.3 Å². The van der Waals surface area contributed by atoms with E-state index in [0.29, 0.717) is 12.1 Å². The van der Waals surface area contributed by atoms with Crippen molar-refractivity contribution in [3.63, 3.8) is 0 Å². The molecule has 3 rings (SSSR count). The van der Waals surface area contributed by atoms with Crippen molar-refractivity contribution >= 4 is 11.4 Å². The molecule has 2 aromatic rings. The molecule has 31 heavy (non-hydrogen) atoms. The van der Waals surface area contributed by atoms with E-state index in [1.807, 2.05) is 40.9 Å². The lowest BCUT2D eigenvalue weighted by Crippen LogP contribution is -2.44. The Balaban J connectivity index is 0.000000614. The lowest BCUT2D eigenvalue weighted by Gasteiger charge is -2.35. The van der Waals surface area contributed by atoms with Gasteiger partial charge in [-0.3, -0.25) is 5.01 Å². The quantitative estimate of drug-likeness (QED) is 0.543. The number of aliphatic hydroxyl groups is 1. The maximum Gasteiger partial charge on any atom is 0.139 e. The molecule has 0 spiro atoms. The van der Waals surface area contributed by atoms with Crippen molar-refractivity contribution in [2.75, 3.05) is 56.3 Å². The fourth-order valence-corrected chi connectivity index (χ4v) is 3.10. The summed E-state index contributed by atoms with van der Waals surface area (Å²) in [4.78, 5) is 4.59. The molecule has 0 unspecified atom stereocenters. The maximum absolute atomic E-state index is 9.54. The van der Waals surface area contributed by atoms with Gasteiger partial charge in [0.15, 0.2) is 0 Å². The van der Waals surface area contributed by atoms with Crippen LogP contribution in [0.25, 0.3) is 0 Å². The molecule has 164 valence electrons. The number of piperazine rings is 1. The van der Waals surface area contributed by atoms with Crippen molar-refractivity contribution < 1.29 is 5.11 Å². The minimum atomic E-state index is 0.163. The molecule has 1 aromatic heterocycles. The normalized spacial score (nSPS) is 14.3. The predicted octanol–water partition coefficient (Wildman–Crippen LogP) is 2.47. The average Bonchev–Trinajstić information content (AvgIpc) is 3.32. The Morgan fingerprint density at radius 1 is 1.19 bits per heavy atom. The summed E-state index contributed by atoms with van der Waals surface area (Å²) in [6, 6.07) is 8.24. The van der Waals surface area contributed by atoms with Gasteiger partial charge in [-0.15, -0.1) is 10.2 Å². The largest absolute Gasteiger partial charge is 0.392 e. The number of nitrogens with zero attached hydrogens (tertiary/aromatic N) is 7. The zero-order valence-corrected chi connectivity index (χ0v) is 18.3. The van der Waals surface area contributed by atoms with E-state index in [1.54, 1.807) is 30.9 Å². The first-order valence-electron chi connectivity index (χ1n) is 10.2. The Hall–Kier alpha value is -3.41. The van der Waals surface area contributed by atoms with Crippen LogP contribution in [0.5, 0.6) is 0 Å². The van der Waals surface area contributed by atoms with Crippen molar-refractivity contribution in [3.8, 4) is 6.07 Å². The van der Waals surface area contributed by atoms with Crippen LogP contribution in [0.3, 0.4) is 0 Å². The fraction of sp³-hybridized carbons (Fsp3) is 0.348. The number of aromatic nitrogens is 3. The van der Waals surface area contributed by atoms with E-state index >= 15 is 0 Å². The third-order valence-corrected chi connectivity index (χ3v) is 4.82. The number of aliphatic hydroxyl groups excluding tert-OH is 1. The molecule has 1 aromatic carbocycles. The topological polar surface area (TPSA) is 84.5 Å². The second-order valence-electron chi connectivity index (χ2n) is 6.94. The summed E-state index contributed by atoms with van der Waals surface area (Å²) in [6.45, 7) is 10.2. The van der Waals surface area contributed by atoms with Gasteiger partial charge < -0.3 is 14.9 Å². The van der Waals surface area contributed by atoms with Gasteiger partial charge in [-0.1, -0.05) is 37.0 Å². The lowest BCUT2D eigenvalue weighted by molar-refractivity contribution is 0.313. The fourth-order valence-electron chi connectivity index (χ4n) is 3.10. The third-order valence-electron chi connectivity index (χ3n) is 4.82. The van der Waals surface area contributed by atoms with Gasteiger partial charge in [0.1, 0.15) is 18.7 Å². The highest BCUT2D eigenvalue weighted by atomic mass is 16.2. The molecule has 0 saturated carbocycles. The van der Waals surface area contributed by atoms with Crippen LogP contribution in [0.2, 0.25) is 0 Å². The van der Waals surface area contributed by atoms with Crippen molar-refractivity contribution in [3.05, 3.63) is 73.4 Å². The average molecular weight is 422 g/mol. The Labute approximate surface area is 184 Å². The van der Waals surface area contributed by atoms with Gasteiger partial charge in [0.2, 0.25) is 0 Å². The molecule has 8 nitrogen and oxygen atoms in total. The minimum absolute atomic E-state index is 0.163. The first-order valence-corrected chi connectivity index (χ1v) is 10.2. The van der Waals surface area contributed by atoms with Gasteiger partial charge in [0.25, 0.3) is 0 Å². The second-order valence-corrected chi connectivity index (χ2v) is 6.94. The molecular weight excluding hydrogens is 390 g/mol. The molecule has 1 aliphatic rings. The summed E-state index contributed by atoms with van der Waals surface area (Å²) in [7, 11) is 2.12. The van der Waals surface area contributed by atoms with E-state index in [2.05, 4.69) is 45.8 Å². The van der Waals surface area contributed by atoms with Crippen LogP contribution >= 0.6 is 0 Å². The highest BCUT2D eigenvalue weighted by Gasteiger charge is 2.19. The molecule has 0 atom stereocenters. The smallest absolute Gasteiger partial charge is 0.139 e. The number of likely N-dealkylation sites (N-methyl/N-ethyl adjacent to an activating group) is 1. The Kier molecular flexibility index (Phi) is 10.0. The van der Waals surface area contributed by atoms with Crippen LogP contribution in [-0.2, 0) is 0 Å². The summed E-state index contributed by atoms with van der Waals surface area (Å²) in [6.07, 6.45) is 12.5. The van der Waals surface area contributed by atoms with E-state index < -0.39 is 0 Å². The zero-order chi connectivity index (χ0) is 22.5. The summed E-state index contributed by atoms with van der Waals surface area (Å²) in [5.41, 5.74) is 2.65. The highest BCUT2D eigenvalue weighted by Crippen LogP contribution is 2.28. The second kappa shape index (κ2) is 13.0. The van der Waals surface area contributed by atoms with Crippen LogP contribution in [0, 0.1) is 11.3 Å². The van der Waals surface area contributed by atoms with Crippen molar-refractivity contribution in [2.45, 2.75) is 6.92 Å². The molecule has 1 fully saturated rings. The SMILES string of the molecule is C/C=C\CO.C=C/C=C/CN(c1ccc(C#N)c(N2CCN(C)CC2)c1)n1cnnc1. The van der Waals surface area contributed by atoms with E-state index in [0.717, 1.165) is 37.6 Å². The van der Waals surface area contributed by atoms with E-state index in [-0.39, 0.29) is 6.61 Å². The number of rotatable bonds is 7. The van der Waals surface area contributed by atoms with Gasteiger partial charge in [0.05, 0.1) is 30.1 Å². The summed E-state index contributed by atoms with van der Waals surface area (Å²) < 4.78 is 1.84. The summed E-state index contributed by atoms with van der Waals surface area (Å²) in [5.74, 6) is 0. The van der Waals surface area contributed by atoms with Gasteiger partial charge in [-0.05, 0) is 32.2 Å². The van der Waals surface area contributed by atoms with Gasteiger partial charge in [-0.2, -0.15) is 5.26 Å². The zero-order valence-electron chi connectivity index (χ0n) is 18.3. The van der Waals surface area contributed by atoms with E-state index in [9.17, 15) is 5.26 Å². The molecule has 1 N–H and O–H groups in total.